The third-order valence-corrected chi connectivity index (χ3v) is 3.39. The Hall–Kier alpha value is -2.27. The van der Waals surface area contributed by atoms with E-state index in [0.717, 1.165) is 11.0 Å². The number of carboxylic acids is 1. The molecule has 0 amide bonds. The first-order chi connectivity index (χ1) is 9.65. The van der Waals surface area contributed by atoms with E-state index in [0.29, 0.717) is 18.1 Å². The number of para-hydroxylation sites is 1. The SMILES string of the molecule is CB1OCc2cc(Oc3ccccc3C(=O)O)ccc21. The minimum absolute atomic E-state index is 0.102. The maximum atomic E-state index is 11.1. The summed E-state index contributed by atoms with van der Waals surface area (Å²) in [4.78, 5) is 11.1. The molecule has 0 radical (unpaired) electrons. The van der Waals surface area contributed by atoms with E-state index in [1.165, 1.54) is 6.07 Å². The molecule has 3 rings (SSSR count). The van der Waals surface area contributed by atoms with Gasteiger partial charge in [-0.05, 0) is 35.3 Å². The Bertz CT molecular complexity index is 669. The molecule has 0 fully saturated rings. The zero-order valence-corrected chi connectivity index (χ0v) is 11.0. The van der Waals surface area contributed by atoms with Crippen molar-refractivity contribution in [3.63, 3.8) is 0 Å². The van der Waals surface area contributed by atoms with Gasteiger partial charge in [0.2, 0.25) is 0 Å². The van der Waals surface area contributed by atoms with Crippen molar-refractivity contribution in [1.29, 1.82) is 0 Å². The third-order valence-electron chi connectivity index (χ3n) is 3.39. The van der Waals surface area contributed by atoms with Crippen molar-refractivity contribution in [1.82, 2.24) is 0 Å². The van der Waals surface area contributed by atoms with Crippen molar-refractivity contribution in [2.75, 3.05) is 0 Å². The third kappa shape index (κ3) is 2.28. The molecule has 0 aromatic heterocycles. The van der Waals surface area contributed by atoms with E-state index in [2.05, 4.69) is 0 Å². The molecule has 0 atom stereocenters. The van der Waals surface area contributed by atoms with Crippen molar-refractivity contribution in [3.8, 4) is 11.5 Å². The normalized spacial score (nSPS) is 13.2. The number of aromatic carboxylic acids is 1. The zero-order chi connectivity index (χ0) is 14.1. The fourth-order valence-corrected chi connectivity index (χ4v) is 2.33. The van der Waals surface area contributed by atoms with E-state index >= 15 is 0 Å². The van der Waals surface area contributed by atoms with Crippen molar-refractivity contribution >= 4 is 18.3 Å². The summed E-state index contributed by atoms with van der Waals surface area (Å²) < 4.78 is 11.2. The van der Waals surface area contributed by atoms with Crippen molar-refractivity contribution in [2.24, 2.45) is 0 Å². The monoisotopic (exact) mass is 268 g/mol. The van der Waals surface area contributed by atoms with Gasteiger partial charge >= 0.3 is 12.9 Å². The molecule has 0 saturated heterocycles. The van der Waals surface area contributed by atoms with Crippen LogP contribution in [0.5, 0.6) is 11.5 Å². The Morgan fingerprint density at radius 1 is 1.30 bits per heavy atom. The van der Waals surface area contributed by atoms with Crippen molar-refractivity contribution < 1.29 is 19.3 Å². The quantitative estimate of drug-likeness (QED) is 0.869. The molecular formula is C15H13BO4. The van der Waals surface area contributed by atoms with Gasteiger partial charge in [0.05, 0.1) is 6.61 Å². The molecule has 2 aromatic rings. The first-order valence-electron chi connectivity index (χ1n) is 6.40. The average Bonchev–Trinajstić information content (AvgIpc) is 2.80. The fraction of sp³-hybridized carbons (Fsp3) is 0.133. The van der Waals surface area contributed by atoms with Gasteiger partial charge in [-0.15, -0.1) is 0 Å². The number of ether oxygens (including phenoxy) is 1. The van der Waals surface area contributed by atoms with Crippen LogP contribution in [-0.4, -0.2) is 18.0 Å². The Morgan fingerprint density at radius 3 is 2.90 bits per heavy atom. The van der Waals surface area contributed by atoms with E-state index in [1.807, 2.05) is 25.0 Å². The molecule has 1 N–H and O–H groups in total. The number of hydrogen-bond acceptors (Lipinski definition) is 3. The molecule has 1 aliphatic rings. The van der Waals surface area contributed by atoms with E-state index in [9.17, 15) is 4.79 Å². The lowest BCUT2D eigenvalue weighted by Crippen LogP contribution is -2.23. The minimum atomic E-state index is -1.00. The molecule has 0 unspecified atom stereocenters. The van der Waals surface area contributed by atoms with Crippen molar-refractivity contribution in [3.05, 3.63) is 53.6 Å². The predicted octanol–water partition coefficient (Wildman–Crippen LogP) is 2.54. The molecule has 0 aliphatic carbocycles. The highest BCUT2D eigenvalue weighted by molar-refractivity contribution is 6.67. The first kappa shape index (κ1) is 12.8. The summed E-state index contributed by atoms with van der Waals surface area (Å²) in [5, 5.41) is 9.13. The second-order valence-corrected chi connectivity index (χ2v) is 4.72. The van der Waals surface area contributed by atoms with Crippen LogP contribution in [0.4, 0.5) is 0 Å². The summed E-state index contributed by atoms with van der Waals surface area (Å²) in [6.45, 7) is 2.67. The molecule has 1 heterocycles. The standard InChI is InChI=1S/C15H13BO4/c1-16-13-7-6-11(8-10(13)9-19-16)20-14-5-3-2-4-12(14)15(17)18/h2-8H,9H2,1H3,(H,17,18). The number of carboxylic acid groups (broad SMARTS) is 1. The Balaban J connectivity index is 1.91. The number of carbonyl (C=O) groups is 1. The summed E-state index contributed by atoms with van der Waals surface area (Å²) in [5.74, 6) is -0.0409. The lowest BCUT2D eigenvalue weighted by molar-refractivity contribution is 0.0694. The Kier molecular flexibility index (Phi) is 3.20. The highest BCUT2D eigenvalue weighted by Crippen LogP contribution is 2.26. The van der Waals surface area contributed by atoms with Gasteiger partial charge in [0.25, 0.3) is 0 Å². The minimum Gasteiger partial charge on any atom is -0.478 e. The average molecular weight is 268 g/mol. The summed E-state index contributed by atoms with van der Waals surface area (Å²) >= 11 is 0. The number of benzene rings is 2. The first-order valence-corrected chi connectivity index (χ1v) is 6.40. The smallest absolute Gasteiger partial charge is 0.339 e. The second-order valence-electron chi connectivity index (χ2n) is 4.72. The van der Waals surface area contributed by atoms with E-state index in [1.54, 1.807) is 18.2 Å². The van der Waals surface area contributed by atoms with E-state index in [4.69, 9.17) is 14.5 Å². The van der Waals surface area contributed by atoms with Gasteiger partial charge in [-0.25, -0.2) is 4.79 Å². The molecule has 2 aromatic carbocycles. The van der Waals surface area contributed by atoms with Crippen LogP contribution in [0, 0.1) is 0 Å². The van der Waals surface area contributed by atoms with Crippen molar-refractivity contribution in [2.45, 2.75) is 13.4 Å². The molecule has 100 valence electrons. The van der Waals surface area contributed by atoms with Crippen LogP contribution >= 0.6 is 0 Å². The van der Waals surface area contributed by atoms with Crippen LogP contribution < -0.4 is 10.2 Å². The lowest BCUT2D eigenvalue weighted by atomic mass is 9.64. The van der Waals surface area contributed by atoms with E-state index < -0.39 is 5.97 Å². The van der Waals surface area contributed by atoms with Gasteiger partial charge in [0.15, 0.2) is 0 Å². The predicted molar refractivity (Wildman–Crippen MR) is 76.0 cm³/mol. The van der Waals surface area contributed by atoms with Crippen LogP contribution in [0.1, 0.15) is 15.9 Å². The maximum Gasteiger partial charge on any atom is 0.339 e. The fourth-order valence-electron chi connectivity index (χ4n) is 2.33. The summed E-state index contributed by atoms with van der Waals surface area (Å²) in [5.41, 5.74) is 2.39. The largest absolute Gasteiger partial charge is 0.478 e. The Morgan fingerprint density at radius 2 is 2.10 bits per heavy atom. The molecule has 0 saturated carbocycles. The van der Waals surface area contributed by atoms with Gasteiger partial charge < -0.3 is 14.5 Å². The van der Waals surface area contributed by atoms with Crippen LogP contribution in [0.2, 0.25) is 6.82 Å². The van der Waals surface area contributed by atoms with Gasteiger partial charge in [0.1, 0.15) is 17.1 Å². The summed E-state index contributed by atoms with van der Waals surface area (Å²) in [7, 11) is 0. The highest BCUT2D eigenvalue weighted by atomic mass is 16.5. The van der Waals surface area contributed by atoms with Gasteiger partial charge in [-0.2, -0.15) is 0 Å². The topological polar surface area (TPSA) is 55.8 Å². The van der Waals surface area contributed by atoms with Crippen LogP contribution in [-0.2, 0) is 11.3 Å². The Labute approximate surface area is 117 Å². The maximum absolute atomic E-state index is 11.1. The van der Waals surface area contributed by atoms with Gasteiger partial charge in [0, 0.05) is 0 Å². The highest BCUT2D eigenvalue weighted by Gasteiger charge is 2.23. The second kappa shape index (κ2) is 5.02. The number of hydrogen-bond donors (Lipinski definition) is 1. The number of rotatable bonds is 3. The zero-order valence-electron chi connectivity index (χ0n) is 11.0. The molecule has 0 bridgehead atoms. The molecular weight excluding hydrogens is 255 g/mol. The van der Waals surface area contributed by atoms with Gasteiger partial charge in [-0.1, -0.05) is 25.0 Å². The number of fused-ring (bicyclic) bond motifs is 1. The lowest BCUT2D eigenvalue weighted by Gasteiger charge is -2.09. The molecule has 4 nitrogen and oxygen atoms in total. The van der Waals surface area contributed by atoms with Crippen LogP contribution in [0.15, 0.2) is 42.5 Å². The molecule has 5 heteroatoms. The van der Waals surface area contributed by atoms with Crippen LogP contribution in [0.3, 0.4) is 0 Å². The molecule has 1 aliphatic heterocycles. The van der Waals surface area contributed by atoms with Gasteiger partial charge in [-0.3, -0.25) is 0 Å². The summed E-state index contributed by atoms with van der Waals surface area (Å²) in [6, 6.07) is 12.3. The summed E-state index contributed by atoms with van der Waals surface area (Å²) in [6.07, 6.45) is 0. The van der Waals surface area contributed by atoms with Crippen LogP contribution in [0.25, 0.3) is 0 Å². The molecule has 0 spiro atoms. The molecule has 20 heavy (non-hydrogen) atoms. The van der Waals surface area contributed by atoms with E-state index in [-0.39, 0.29) is 12.5 Å².